The van der Waals surface area contributed by atoms with E-state index in [2.05, 4.69) is 26.0 Å². The van der Waals surface area contributed by atoms with Gasteiger partial charge in [0.2, 0.25) is 0 Å². The summed E-state index contributed by atoms with van der Waals surface area (Å²) >= 11 is 0. The van der Waals surface area contributed by atoms with Gasteiger partial charge in [-0.15, -0.1) is 10.2 Å². The highest BCUT2D eigenvalue weighted by molar-refractivity contribution is 6.02. The number of amides is 1. The highest BCUT2D eigenvalue weighted by Gasteiger charge is 2.09. The average molecular weight is 247 g/mol. The zero-order valence-electron chi connectivity index (χ0n) is 9.79. The molecule has 0 fully saturated rings. The Hall–Kier alpha value is -2.48. The number of aryl methyl sites for hydroxylation is 1. The van der Waals surface area contributed by atoms with E-state index in [0.717, 1.165) is 6.54 Å². The standard InChI is InChI=1S/C10H13N7O/c1-2-17-6-7(5-12-17)13-10(18)8-3-4-9(14-11)16-15-8/h3-6H,2,11H2,1H3,(H,13,18)(H,14,16). The van der Waals surface area contributed by atoms with Gasteiger partial charge in [-0.05, 0) is 19.1 Å². The zero-order chi connectivity index (χ0) is 13.0. The summed E-state index contributed by atoms with van der Waals surface area (Å²) in [5.41, 5.74) is 3.16. The normalized spacial score (nSPS) is 10.1. The maximum Gasteiger partial charge on any atom is 0.276 e. The van der Waals surface area contributed by atoms with Gasteiger partial charge in [0.15, 0.2) is 11.5 Å². The third-order valence-electron chi connectivity index (χ3n) is 2.26. The third-order valence-corrected chi connectivity index (χ3v) is 2.26. The summed E-state index contributed by atoms with van der Waals surface area (Å²) in [7, 11) is 0. The minimum atomic E-state index is -0.346. The lowest BCUT2D eigenvalue weighted by Gasteiger charge is -2.02. The highest BCUT2D eigenvalue weighted by atomic mass is 16.1. The predicted molar refractivity (Wildman–Crippen MR) is 65.7 cm³/mol. The molecule has 2 aromatic rings. The molecule has 2 heterocycles. The fourth-order valence-electron chi connectivity index (χ4n) is 1.33. The van der Waals surface area contributed by atoms with Crippen LogP contribution in [0.1, 0.15) is 17.4 Å². The van der Waals surface area contributed by atoms with Gasteiger partial charge in [-0.2, -0.15) is 5.10 Å². The van der Waals surface area contributed by atoms with E-state index in [9.17, 15) is 4.79 Å². The number of nitrogens with two attached hydrogens (primary N) is 1. The molecule has 0 aliphatic rings. The van der Waals surface area contributed by atoms with Crippen molar-refractivity contribution < 1.29 is 4.79 Å². The van der Waals surface area contributed by atoms with Crippen LogP contribution in [0.25, 0.3) is 0 Å². The number of hydrazine groups is 1. The maximum absolute atomic E-state index is 11.8. The molecular weight excluding hydrogens is 234 g/mol. The summed E-state index contributed by atoms with van der Waals surface area (Å²) in [6.45, 7) is 2.70. The molecule has 0 aliphatic heterocycles. The summed E-state index contributed by atoms with van der Waals surface area (Å²) in [5.74, 6) is 5.20. The van der Waals surface area contributed by atoms with Crippen molar-refractivity contribution in [2.45, 2.75) is 13.5 Å². The molecule has 18 heavy (non-hydrogen) atoms. The monoisotopic (exact) mass is 247 g/mol. The van der Waals surface area contributed by atoms with Crippen LogP contribution < -0.4 is 16.6 Å². The molecule has 0 atom stereocenters. The zero-order valence-corrected chi connectivity index (χ0v) is 9.79. The summed E-state index contributed by atoms with van der Waals surface area (Å²) in [5, 5.41) is 14.2. The number of carbonyl (C=O) groups is 1. The van der Waals surface area contributed by atoms with Crippen LogP contribution in [0.2, 0.25) is 0 Å². The van der Waals surface area contributed by atoms with Gasteiger partial charge in [0.1, 0.15) is 0 Å². The lowest BCUT2D eigenvalue weighted by molar-refractivity contribution is 0.102. The van der Waals surface area contributed by atoms with Crippen molar-refractivity contribution in [2.24, 2.45) is 5.84 Å². The molecule has 2 rings (SSSR count). The number of anilines is 2. The number of nitrogens with one attached hydrogen (secondary N) is 2. The first-order valence-electron chi connectivity index (χ1n) is 5.37. The first-order valence-corrected chi connectivity index (χ1v) is 5.37. The maximum atomic E-state index is 11.8. The summed E-state index contributed by atoms with van der Waals surface area (Å²) in [6, 6.07) is 3.10. The Morgan fingerprint density at radius 1 is 1.44 bits per heavy atom. The highest BCUT2D eigenvalue weighted by Crippen LogP contribution is 2.07. The predicted octanol–water partition coefficient (Wildman–Crippen LogP) is 0.231. The number of hydrogen-bond donors (Lipinski definition) is 3. The molecule has 94 valence electrons. The number of rotatable bonds is 4. The smallest absolute Gasteiger partial charge is 0.276 e. The Kier molecular flexibility index (Phi) is 3.49. The molecule has 0 saturated heterocycles. The molecule has 1 amide bonds. The van der Waals surface area contributed by atoms with Crippen LogP contribution in [0.5, 0.6) is 0 Å². The van der Waals surface area contributed by atoms with E-state index < -0.39 is 0 Å². The summed E-state index contributed by atoms with van der Waals surface area (Å²) < 4.78 is 1.71. The Bertz CT molecular complexity index is 533. The second-order valence-corrected chi connectivity index (χ2v) is 3.49. The second kappa shape index (κ2) is 5.23. The number of aromatic nitrogens is 4. The SMILES string of the molecule is CCn1cc(NC(=O)c2ccc(NN)nn2)cn1. The van der Waals surface area contributed by atoms with Gasteiger partial charge in [-0.25, -0.2) is 5.84 Å². The Balaban J connectivity index is 2.06. The molecule has 0 radical (unpaired) electrons. The Labute approximate surface area is 103 Å². The molecule has 8 nitrogen and oxygen atoms in total. The summed E-state index contributed by atoms with van der Waals surface area (Å²) in [4.78, 5) is 11.8. The van der Waals surface area contributed by atoms with Crippen LogP contribution in [0.4, 0.5) is 11.5 Å². The first-order chi connectivity index (χ1) is 8.72. The molecule has 0 unspecified atom stereocenters. The van der Waals surface area contributed by atoms with E-state index in [-0.39, 0.29) is 11.6 Å². The van der Waals surface area contributed by atoms with Gasteiger partial charge >= 0.3 is 0 Å². The Morgan fingerprint density at radius 2 is 2.28 bits per heavy atom. The minimum Gasteiger partial charge on any atom is -0.318 e. The second-order valence-electron chi connectivity index (χ2n) is 3.49. The number of nitrogens with zero attached hydrogens (tertiary/aromatic N) is 4. The molecule has 0 spiro atoms. The van der Waals surface area contributed by atoms with Crippen molar-refractivity contribution in [1.29, 1.82) is 0 Å². The van der Waals surface area contributed by atoms with Crippen molar-refractivity contribution in [3.63, 3.8) is 0 Å². The lowest BCUT2D eigenvalue weighted by Crippen LogP contribution is -2.15. The van der Waals surface area contributed by atoms with Crippen molar-refractivity contribution in [3.8, 4) is 0 Å². The van der Waals surface area contributed by atoms with Gasteiger partial charge in [0.25, 0.3) is 5.91 Å². The van der Waals surface area contributed by atoms with E-state index in [1.54, 1.807) is 23.1 Å². The van der Waals surface area contributed by atoms with Crippen molar-refractivity contribution >= 4 is 17.4 Å². The van der Waals surface area contributed by atoms with Crippen LogP contribution in [0, 0.1) is 0 Å². The van der Waals surface area contributed by atoms with Crippen LogP contribution in [-0.2, 0) is 6.54 Å². The topological polar surface area (TPSA) is 111 Å². The Morgan fingerprint density at radius 3 is 2.83 bits per heavy atom. The summed E-state index contributed by atoms with van der Waals surface area (Å²) in [6.07, 6.45) is 3.31. The van der Waals surface area contributed by atoms with Crippen molar-refractivity contribution in [1.82, 2.24) is 20.0 Å². The van der Waals surface area contributed by atoms with E-state index in [0.29, 0.717) is 11.5 Å². The molecule has 0 aliphatic carbocycles. The molecule has 4 N–H and O–H groups in total. The fourth-order valence-corrected chi connectivity index (χ4v) is 1.33. The third kappa shape index (κ3) is 2.61. The number of nitrogen functional groups attached to an aromatic ring is 1. The van der Waals surface area contributed by atoms with Gasteiger partial charge in [0.05, 0.1) is 11.9 Å². The molecule has 0 aromatic carbocycles. The lowest BCUT2D eigenvalue weighted by atomic mass is 10.3. The molecule has 2 aromatic heterocycles. The fraction of sp³-hybridized carbons (Fsp3) is 0.200. The molecular formula is C10H13N7O. The van der Waals surface area contributed by atoms with Gasteiger partial charge < -0.3 is 10.7 Å². The van der Waals surface area contributed by atoms with Gasteiger partial charge in [0, 0.05) is 12.7 Å². The first kappa shape index (κ1) is 12.0. The van der Waals surface area contributed by atoms with Gasteiger partial charge in [-0.3, -0.25) is 9.48 Å². The van der Waals surface area contributed by atoms with E-state index >= 15 is 0 Å². The van der Waals surface area contributed by atoms with E-state index in [1.807, 2.05) is 6.92 Å². The van der Waals surface area contributed by atoms with Crippen LogP contribution >= 0.6 is 0 Å². The molecule has 0 saturated carbocycles. The van der Waals surface area contributed by atoms with Crippen molar-refractivity contribution in [3.05, 3.63) is 30.2 Å². The van der Waals surface area contributed by atoms with Gasteiger partial charge in [-0.1, -0.05) is 0 Å². The van der Waals surface area contributed by atoms with Crippen LogP contribution in [0.15, 0.2) is 24.5 Å². The quantitative estimate of drug-likeness (QED) is 0.527. The number of carbonyl (C=O) groups excluding carboxylic acids is 1. The van der Waals surface area contributed by atoms with Crippen LogP contribution in [-0.4, -0.2) is 25.9 Å². The number of hydrogen-bond acceptors (Lipinski definition) is 6. The van der Waals surface area contributed by atoms with E-state index in [4.69, 9.17) is 5.84 Å². The minimum absolute atomic E-state index is 0.207. The molecule has 0 bridgehead atoms. The average Bonchev–Trinajstić information content (AvgIpc) is 2.86. The largest absolute Gasteiger partial charge is 0.318 e. The van der Waals surface area contributed by atoms with Crippen molar-refractivity contribution in [2.75, 3.05) is 10.7 Å². The van der Waals surface area contributed by atoms with E-state index in [1.165, 1.54) is 6.07 Å². The molecule has 8 heteroatoms. The van der Waals surface area contributed by atoms with Crippen LogP contribution in [0.3, 0.4) is 0 Å².